The number of hydrogen-bond donors (Lipinski definition) is 3. The van der Waals surface area contributed by atoms with Crippen molar-refractivity contribution < 1.29 is 14.6 Å². The molecule has 0 fully saturated rings. The Bertz CT molecular complexity index is 1110. The summed E-state index contributed by atoms with van der Waals surface area (Å²) in [4.78, 5) is 22.1. The summed E-state index contributed by atoms with van der Waals surface area (Å²) in [5, 5.41) is 19.9. The molecule has 0 saturated carbocycles. The van der Waals surface area contributed by atoms with Gasteiger partial charge in [-0.05, 0) is 43.2 Å². The number of rotatable bonds is 7. The van der Waals surface area contributed by atoms with Gasteiger partial charge in [0.25, 0.3) is 5.91 Å². The highest BCUT2D eigenvalue weighted by atomic mass is 16.5. The van der Waals surface area contributed by atoms with Gasteiger partial charge in [-0.3, -0.25) is 9.78 Å². The maximum atomic E-state index is 13.4. The molecule has 160 valence electrons. The van der Waals surface area contributed by atoms with Gasteiger partial charge in [0.05, 0.1) is 18.4 Å². The van der Waals surface area contributed by atoms with E-state index in [0.29, 0.717) is 47.3 Å². The van der Waals surface area contributed by atoms with Crippen molar-refractivity contribution in [3.8, 4) is 5.75 Å². The van der Waals surface area contributed by atoms with Crippen LogP contribution in [0.5, 0.6) is 5.75 Å². The number of benzene rings is 1. The van der Waals surface area contributed by atoms with Gasteiger partial charge in [-0.1, -0.05) is 12.1 Å². The Kier molecular flexibility index (Phi) is 5.94. The van der Waals surface area contributed by atoms with E-state index in [1.54, 1.807) is 36.3 Å². The van der Waals surface area contributed by atoms with Gasteiger partial charge < -0.3 is 20.5 Å². The molecule has 1 aliphatic heterocycles. The van der Waals surface area contributed by atoms with Crippen LogP contribution < -0.4 is 15.4 Å². The van der Waals surface area contributed by atoms with Crippen molar-refractivity contribution >= 4 is 17.5 Å². The summed E-state index contributed by atoms with van der Waals surface area (Å²) in [6, 6.07) is 10.5. The molecule has 1 aliphatic rings. The molecule has 4 rings (SSSR count). The van der Waals surface area contributed by atoms with Gasteiger partial charge in [0, 0.05) is 31.1 Å². The molecule has 0 saturated heterocycles. The van der Waals surface area contributed by atoms with Crippen molar-refractivity contribution in [2.24, 2.45) is 0 Å². The summed E-state index contributed by atoms with van der Waals surface area (Å²) in [7, 11) is 1.56. The molecule has 0 radical (unpaired) electrons. The summed E-state index contributed by atoms with van der Waals surface area (Å²) in [5.41, 5.74) is 2.64. The number of aliphatic hydroxyl groups excluding tert-OH is 1. The molecule has 0 aliphatic carbocycles. The fourth-order valence-corrected chi connectivity index (χ4v) is 3.62. The van der Waals surface area contributed by atoms with Crippen LogP contribution in [0.3, 0.4) is 0 Å². The lowest BCUT2D eigenvalue weighted by Crippen LogP contribution is -2.31. The van der Waals surface area contributed by atoms with Crippen LogP contribution in [0.4, 0.5) is 11.6 Å². The number of nitrogens with zero attached hydrogens (tertiary/aromatic N) is 4. The zero-order valence-electron chi connectivity index (χ0n) is 17.4. The number of para-hydroxylation sites is 2. The third kappa shape index (κ3) is 4.13. The first-order valence-electron chi connectivity index (χ1n) is 10.0. The van der Waals surface area contributed by atoms with Crippen molar-refractivity contribution in [1.82, 2.24) is 19.7 Å². The Morgan fingerprint density at radius 3 is 2.77 bits per heavy atom. The summed E-state index contributed by atoms with van der Waals surface area (Å²) in [6.07, 6.45) is 4.48. The smallest absolute Gasteiger partial charge is 0.255 e. The van der Waals surface area contributed by atoms with Gasteiger partial charge in [-0.15, -0.1) is 0 Å². The zero-order valence-corrected chi connectivity index (χ0v) is 17.4. The van der Waals surface area contributed by atoms with E-state index in [-0.39, 0.29) is 12.5 Å². The standard InChI is InChI=1S/C22H24N6O3/c1-14-19(21(30)25-16-6-3-4-7-17(16)31-2)20(15-9-11-23-12-10-15)28-22(24-14)26-18(27-28)8-5-13-29/h3-4,6-7,9-12,20,29H,5,8,13H2,1-2H3,(H,25,30)(H,24,26,27)/t20-/m0/s1. The van der Waals surface area contributed by atoms with Crippen LogP contribution in [-0.2, 0) is 11.2 Å². The van der Waals surface area contributed by atoms with Crippen molar-refractivity contribution in [1.29, 1.82) is 0 Å². The van der Waals surface area contributed by atoms with E-state index in [9.17, 15) is 4.79 Å². The quantitative estimate of drug-likeness (QED) is 0.538. The third-order valence-corrected chi connectivity index (χ3v) is 5.08. The fraction of sp³-hybridized carbons (Fsp3) is 0.273. The fourth-order valence-electron chi connectivity index (χ4n) is 3.62. The Balaban J connectivity index is 1.74. The number of pyridine rings is 1. The number of carbonyl (C=O) groups excluding carboxylic acids is 1. The molecule has 1 amide bonds. The normalized spacial score (nSPS) is 15.3. The van der Waals surface area contributed by atoms with Gasteiger partial charge in [0.1, 0.15) is 11.8 Å². The number of nitrogens with one attached hydrogen (secondary N) is 2. The first-order valence-corrected chi connectivity index (χ1v) is 10.0. The Labute approximate surface area is 179 Å². The lowest BCUT2D eigenvalue weighted by molar-refractivity contribution is -0.113. The lowest BCUT2D eigenvalue weighted by Gasteiger charge is -2.28. The van der Waals surface area contributed by atoms with Crippen LogP contribution >= 0.6 is 0 Å². The number of amides is 1. The third-order valence-electron chi connectivity index (χ3n) is 5.08. The molecule has 1 aromatic carbocycles. The number of hydrogen-bond acceptors (Lipinski definition) is 7. The van der Waals surface area contributed by atoms with E-state index in [1.165, 1.54) is 0 Å². The molecule has 0 bridgehead atoms. The van der Waals surface area contributed by atoms with E-state index in [4.69, 9.17) is 9.84 Å². The average molecular weight is 420 g/mol. The molecule has 3 aromatic rings. The highest BCUT2D eigenvalue weighted by molar-refractivity contribution is 6.06. The first-order chi connectivity index (χ1) is 15.1. The molecule has 3 N–H and O–H groups in total. The Morgan fingerprint density at radius 2 is 2.03 bits per heavy atom. The SMILES string of the molecule is COc1ccccc1NC(=O)C1=C(C)Nc2nc(CCCO)nn2[C@H]1c1ccncc1. The van der Waals surface area contributed by atoms with Crippen LogP contribution in [0, 0.1) is 0 Å². The maximum absolute atomic E-state index is 13.4. The van der Waals surface area contributed by atoms with Crippen molar-refractivity contribution in [2.45, 2.75) is 25.8 Å². The number of aryl methyl sites for hydroxylation is 1. The van der Waals surface area contributed by atoms with E-state index in [2.05, 4.69) is 25.7 Å². The van der Waals surface area contributed by atoms with Gasteiger partial charge in [-0.25, -0.2) is 4.68 Å². The first kappa shape index (κ1) is 20.5. The number of carbonyl (C=O) groups is 1. The van der Waals surface area contributed by atoms with Crippen LogP contribution in [0.15, 0.2) is 60.1 Å². The lowest BCUT2D eigenvalue weighted by atomic mass is 9.96. The maximum Gasteiger partial charge on any atom is 0.255 e. The predicted octanol–water partition coefficient (Wildman–Crippen LogP) is 2.53. The molecule has 31 heavy (non-hydrogen) atoms. The summed E-state index contributed by atoms with van der Waals surface area (Å²) >= 11 is 0. The zero-order chi connectivity index (χ0) is 21.8. The molecule has 0 unspecified atom stereocenters. The monoisotopic (exact) mass is 420 g/mol. The molecule has 3 heterocycles. The molecule has 9 heteroatoms. The number of ether oxygens (including phenoxy) is 1. The summed E-state index contributed by atoms with van der Waals surface area (Å²) in [6.45, 7) is 1.91. The van der Waals surface area contributed by atoms with E-state index >= 15 is 0 Å². The van der Waals surface area contributed by atoms with Crippen molar-refractivity contribution in [3.63, 3.8) is 0 Å². The van der Waals surface area contributed by atoms with Crippen LogP contribution in [-0.4, -0.2) is 44.5 Å². The number of anilines is 2. The van der Waals surface area contributed by atoms with E-state index < -0.39 is 6.04 Å². The predicted molar refractivity (Wildman–Crippen MR) is 116 cm³/mol. The van der Waals surface area contributed by atoms with Gasteiger partial charge in [0.15, 0.2) is 5.82 Å². The number of aromatic nitrogens is 4. The minimum absolute atomic E-state index is 0.0644. The van der Waals surface area contributed by atoms with Gasteiger partial charge >= 0.3 is 0 Å². The van der Waals surface area contributed by atoms with Gasteiger partial charge in [0.2, 0.25) is 5.95 Å². The molecule has 1 atom stereocenters. The van der Waals surface area contributed by atoms with Crippen LogP contribution in [0.25, 0.3) is 0 Å². The van der Waals surface area contributed by atoms with E-state index in [1.807, 2.05) is 31.2 Å². The van der Waals surface area contributed by atoms with E-state index in [0.717, 1.165) is 5.56 Å². The topological polar surface area (TPSA) is 114 Å². The number of aliphatic hydroxyl groups is 1. The highest BCUT2D eigenvalue weighted by Crippen LogP contribution is 2.36. The minimum Gasteiger partial charge on any atom is -0.495 e. The van der Waals surface area contributed by atoms with Crippen molar-refractivity contribution in [3.05, 3.63) is 71.4 Å². The molecule has 9 nitrogen and oxygen atoms in total. The number of fused-ring (bicyclic) bond motifs is 1. The minimum atomic E-state index is -0.482. The largest absolute Gasteiger partial charge is 0.495 e. The van der Waals surface area contributed by atoms with Crippen LogP contribution in [0.1, 0.15) is 30.8 Å². The summed E-state index contributed by atoms with van der Waals surface area (Å²) < 4.78 is 7.08. The second kappa shape index (κ2) is 8.97. The van der Waals surface area contributed by atoms with Crippen molar-refractivity contribution in [2.75, 3.05) is 24.4 Å². The summed E-state index contributed by atoms with van der Waals surface area (Å²) in [5.74, 6) is 1.47. The second-order valence-electron chi connectivity index (χ2n) is 7.12. The Hall–Kier alpha value is -3.72. The number of methoxy groups -OCH3 is 1. The molecular formula is C22H24N6O3. The molecule has 2 aromatic heterocycles. The number of allylic oxidation sites excluding steroid dienone is 1. The Morgan fingerprint density at radius 1 is 1.26 bits per heavy atom. The average Bonchev–Trinajstić information content (AvgIpc) is 3.19. The van der Waals surface area contributed by atoms with Crippen LogP contribution in [0.2, 0.25) is 0 Å². The van der Waals surface area contributed by atoms with Gasteiger partial charge in [-0.2, -0.15) is 10.1 Å². The second-order valence-corrected chi connectivity index (χ2v) is 7.12. The molecular weight excluding hydrogens is 396 g/mol. The highest BCUT2D eigenvalue weighted by Gasteiger charge is 2.34. The molecule has 0 spiro atoms.